The van der Waals surface area contributed by atoms with Crippen molar-refractivity contribution in [1.29, 1.82) is 0 Å². The van der Waals surface area contributed by atoms with Crippen molar-refractivity contribution in [2.24, 2.45) is 0 Å². The fourth-order valence-corrected chi connectivity index (χ4v) is 2.68. The van der Waals surface area contributed by atoms with Crippen molar-refractivity contribution < 1.29 is 28.6 Å². The van der Waals surface area contributed by atoms with E-state index >= 15 is 0 Å². The molecule has 7 nitrogen and oxygen atoms in total. The van der Waals surface area contributed by atoms with E-state index in [4.69, 9.17) is 19.0 Å². The molecule has 0 unspecified atom stereocenters. The van der Waals surface area contributed by atoms with Gasteiger partial charge < -0.3 is 23.9 Å². The van der Waals surface area contributed by atoms with Gasteiger partial charge in [0.15, 0.2) is 5.76 Å². The molecule has 1 N–H and O–H groups in total. The molecule has 1 amide bonds. The van der Waals surface area contributed by atoms with Gasteiger partial charge in [-0.15, -0.1) is 0 Å². The van der Waals surface area contributed by atoms with Crippen LogP contribution in [0.2, 0.25) is 0 Å². The first kappa shape index (κ1) is 17.0. The van der Waals surface area contributed by atoms with E-state index in [0.29, 0.717) is 24.5 Å². The lowest BCUT2D eigenvalue weighted by molar-refractivity contribution is -0.141. The molecule has 132 valence electrons. The zero-order valence-electron chi connectivity index (χ0n) is 13.6. The predicted molar refractivity (Wildman–Crippen MR) is 87.4 cm³/mol. The zero-order chi connectivity index (χ0) is 17.6. The molecule has 0 radical (unpaired) electrons. The monoisotopic (exact) mass is 345 g/mol. The number of para-hydroxylation sites is 1. The molecule has 0 aliphatic carbocycles. The van der Waals surface area contributed by atoms with E-state index in [1.807, 2.05) is 30.3 Å². The molecule has 2 aromatic rings. The van der Waals surface area contributed by atoms with Gasteiger partial charge in [0, 0.05) is 18.7 Å². The van der Waals surface area contributed by atoms with E-state index in [9.17, 15) is 9.59 Å². The van der Waals surface area contributed by atoms with Gasteiger partial charge in [-0.3, -0.25) is 9.59 Å². The number of carboxylic acids is 1. The van der Waals surface area contributed by atoms with Crippen molar-refractivity contribution >= 4 is 11.9 Å². The van der Waals surface area contributed by atoms with Gasteiger partial charge in [-0.25, -0.2) is 0 Å². The Morgan fingerprint density at radius 3 is 2.80 bits per heavy atom. The number of benzene rings is 1. The second-order valence-electron chi connectivity index (χ2n) is 5.72. The SMILES string of the molecule is O=C(O)C[C@H]1CN(C(=O)c2occc2COc2ccccc2)CCO1. The molecular weight excluding hydrogens is 326 g/mol. The molecule has 3 rings (SSSR count). The summed E-state index contributed by atoms with van der Waals surface area (Å²) in [6.07, 6.45) is 0.812. The molecule has 1 fully saturated rings. The van der Waals surface area contributed by atoms with Crippen molar-refractivity contribution in [3.8, 4) is 5.75 Å². The van der Waals surface area contributed by atoms with Gasteiger partial charge in [-0.1, -0.05) is 18.2 Å². The first-order valence-electron chi connectivity index (χ1n) is 8.00. The van der Waals surface area contributed by atoms with Crippen molar-refractivity contribution in [2.45, 2.75) is 19.1 Å². The average molecular weight is 345 g/mol. The average Bonchev–Trinajstić information content (AvgIpc) is 3.08. The summed E-state index contributed by atoms with van der Waals surface area (Å²) in [5, 5.41) is 8.88. The quantitative estimate of drug-likeness (QED) is 0.863. The summed E-state index contributed by atoms with van der Waals surface area (Å²) < 4.78 is 16.4. The number of nitrogens with zero attached hydrogens (tertiary/aromatic N) is 1. The van der Waals surface area contributed by atoms with Gasteiger partial charge in [0.25, 0.3) is 5.91 Å². The lowest BCUT2D eigenvalue weighted by Gasteiger charge is -2.31. The normalized spacial score (nSPS) is 17.3. The second-order valence-corrected chi connectivity index (χ2v) is 5.72. The Balaban J connectivity index is 1.64. The van der Waals surface area contributed by atoms with Gasteiger partial charge in [0.2, 0.25) is 0 Å². The van der Waals surface area contributed by atoms with E-state index in [2.05, 4.69) is 0 Å². The molecule has 1 aliphatic rings. The van der Waals surface area contributed by atoms with Crippen LogP contribution in [0.4, 0.5) is 0 Å². The number of amides is 1. The highest BCUT2D eigenvalue weighted by Gasteiger charge is 2.29. The van der Waals surface area contributed by atoms with Crippen LogP contribution in [0.3, 0.4) is 0 Å². The van der Waals surface area contributed by atoms with Crippen LogP contribution in [-0.4, -0.2) is 47.7 Å². The van der Waals surface area contributed by atoms with Crippen molar-refractivity contribution in [1.82, 2.24) is 4.90 Å². The minimum atomic E-state index is -0.950. The fraction of sp³-hybridized carbons (Fsp3) is 0.333. The molecular formula is C18H19NO6. The number of carbonyl (C=O) groups is 2. The van der Waals surface area contributed by atoms with E-state index in [1.54, 1.807) is 11.0 Å². The minimum Gasteiger partial charge on any atom is -0.489 e. The summed E-state index contributed by atoms with van der Waals surface area (Å²) in [6, 6.07) is 11.0. The van der Waals surface area contributed by atoms with Gasteiger partial charge in [0.1, 0.15) is 12.4 Å². The summed E-state index contributed by atoms with van der Waals surface area (Å²) in [7, 11) is 0. The third-order valence-corrected chi connectivity index (χ3v) is 3.91. The van der Waals surface area contributed by atoms with Crippen LogP contribution in [0.5, 0.6) is 5.75 Å². The predicted octanol–water partition coefficient (Wildman–Crippen LogP) is 2.17. The Labute approximate surface area is 144 Å². The van der Waals surface area contributed by atoms with Crippen LogP contribution in [0, 0.1) is 0 Å². The smallest absolute Gasteiger partial charge is 0.306 e. The van der Waals surface area contributed by atoms with Crippen LogP contribution in [0.25, 0.3) is 0 Å². The third kappa shape index (κ3) is 4.39. The number of morpholine rings is 1. The Bertz CT molecular complexity index is 726. The van der Waals surface area contributed by atoms with Crippen molar-refractivity contribution in [3.63, 3.8) is 0 Å². The van der Waals surface area contributed by atoms with E-state index in [0.717, 1.165) is 0 Å². The van der Waals surface area contributed by atoms with Crippen LogP contribution < -0.4 is 4.74 Å². The van der Waals surface area contributed by atoms with E-state index < -0.39 is 12.1 Å². The minimum absolute atomic E-state index is 0.133. The summed E-state index contributed by atoms with van der Waals surface area (Å²) >= 11 is 0. The Kier molecular flexibility index (Phi) is 5.35. The zero-order valence-corrected chi connectivity index (χ0v) is 13.6. The number of aliphatic carboxylic acids is 1. The number of ether oxygens (including phenoxy) is 2. The Morgan fingerprint density at radius 2 is 2.04 bits per heavy atom. The Hall–Kier alpha value is -2.80. The fourth-order valence-electron chi connectivity index (χ4n) is 2.68. The summed E-state index contributed by atoms with van der Waals surface area (Å²) in [4.78, 5) is 25.1. The maximum absolute atomic E-state index is 12.7. The first-order valence-corrected chi connectivity index (χ1v) is 8.00. The number of furan rings is 1. The van der Waals surface area contributed by atoms with E-state index in [1.165, 1.54) is 6.26 Å². The highest BCUT2D eigenvalue weighted by atomic mass is 16.5. The van der Waals surface area contributed by atoms with Gasteiger partial charge in [0.05, 0.1) is 25.4 Å². The molecule has 1 saturated heterocycles. The van der Waals surface area contributed by atoms with Crippen molar-refractivity contribution in [2.75, 3.05) is 19.7 Å². The maximum atomic E-state index is 12.7. The molecule has 1 aromatic carbocycles. The molecule has 0 spiro atoms. The largest absolute Gasteiger partial charge is 0.489 e. The molecule has 25 heavy (non-hydrogen) atoms. The van der Waals surface area contributed by atoms with Crippen LogP contribution in [-0.2, 0) is 16.1 Å². The molecule has 2 heterocycles. The van der Waals surface area contributed by atoms with Crippen LogP contribution in [0.15, 0.2) is 47.1 Å². The highest BCUT2D eigenvalue weighted by Crippen LogP contribution is 2.19. The number of rotatable bonds is 6. The summed E-state index contributed by atoms with van der Waals surface area (Å²) in [5.41, 5.74) is 0.648. The number of carbonyl (C=O) groups excluding carboxylic acids is 1. The molecule has 1 aromatic heterocycles. The lowest BCUT2D eigenvalue weighted by atomic mass is 10.2. The molecule has 7 heteroatoms. The molecule has 1 atom stereocenters. The first-order chi connectivity index (χ1) is 12.1. The number of carboxylic acid groups (broad SMARTS) is 1. The van der Waals surface area contributed by atoms with Gasteiger partial charge in [-0.05, 0) is 18.2 Å². The van der Waals surface area contributed by atoms with E-state index in [-0.39, 0.29) is 31.2 Å². The summed E-state index contributed by atoms with van der Waals surface area (Å²) in [5.74, 6) is -0.313. The topological polar surface area (TPSA) is 89.2 Å². The lowest BCUT2D eigenvalue weighted by Crippen LogP contribution is -2.46. The molecule has 0 saturated carbocycles. The summed E-state index contributed by atoms with van der Waals surface area (Å²) in [6.45, 7) is 1.14. The number of hydrogen-bond donors (Lipinski definition) is 1. The second kappa shape index (κ2) is 7.85. The molecule has 0 bridgehead atoms. The Morgan fingerprint density at radius 1 is 1.24 bits per heavy atom. The third-order valence-electron chi connectivity index (χ3n) is 3.91. The standard InChI is InChI=1S/C18H19NO6/c20-16(21)10-15-11-19(7-9-23-15)18(22)17-13(6-8-24-17)12-25-14-4-2-1-3-5-14/h1-6,8,15H,7,9-12H2,(H,20,21)/t15-/m0/s1. The maximum Gasteiger partial charge on any atom is 0.306 e. The van der Waals surface area contributed by atoms with Gasteiger partial charge in [-0.2, -0.15) is 0 Å². The van der Waals surface area contributed by atoms with Crippen LogP contribution in [0.1, 0.15) is 22.5 Å². The number of hydrogen-bond acceptors (Lipinski definition) is 5. The highest BCUT2D eigenvalue weighted by molar-refractivity contribution is 5.93. The van der Waals surface area contributed by atoms with Crippen molar-refractivity contribution in [3.05, 3.63) is 54.0 Å². The van der Waals surface area contributed by atoms with Gasteiger partial charge >= 0.3 is 5.97 Å². The molecule has 1 aliphatic heterocycles. The van der Waals surface area contributed by atoms with Crippen LogP contribution >= 0.6 is 0 Å².